The van der Waals surface area contributed by atoms with Crippen LogP contribution in [0.3, 0.4) is 0 Å². The van der Waals surface area contributed by atoms with Crippen molar-refractivity contribution in [3.63, 3.8) is 0 Å². The van der Waals surface area contributed by atoms with Gasteiger partial charge in [-0.15, -0.1) is 0 Å². The molecule has 1 atom stereocenters. The van der Waals surface area contributed by atoms with Crippen LogP contribution in [-0.4, -0.2) is 23.1 Å². The molecule has 2 N–H and O–H groups in total. The molecule has 0 saturated carbocycles. The molecule has 4 nitrogen and oxygen atoms in total. The molecule has 0 bridgehead atoms. The highest BCUT2D eigenvalue weighted by Gasteiger charge is 2.16. The minimum Gasteiger partial charge on any atom is -0.383 e. The molecule has 0 aliphatic rings. The first-order chi connectivity index (χ1) is 7.82. The third kappa shape index (κ3) is 3.32. The van der Waals surface area contributed by atoms with Crippen molar-refractivity contribution >= 4 is 11.6 Å². The van der Waals surface area contributed by atoms with Gasteiger partial charge in [-0.1, -0.05) is 13.8 Å². The second-order valence-corrected chi connectivity index (χ2v) is 5.19. The van der Waals surface area contributed by atoms with E-state index >= 15 is 0 Å². The second-order valence-electron chi connectivity index (χ2n) is 5.19. The maximum absolute atomic E-state index is 5.88. The van der Waals surface area contributed by atoms with Gasteiger partial charge in [-0.2, -0.15) is 0 Å². The lowest BCUT2D eigenvalue weighted by molar-refractivity contribution is 0.501. The Hall–Kier alpha value is -1.32. The van der Waals surface area contributed by atoms with E-state index in [0.717, 1.165) is 23.6 Å². The van der Waals surface area contributed by atoms with Crippen LogP contribution < -0.4 is 10.6 Å². The lowest BCUT2D eigenvalue weighted by Gasteiger charge is -2.29. The highest BCUT2D eigenvalue weighted by molar-refractivity contribution is 5.56. The van der Waals surface area contributed by atoms with Gasteiger partial charge in [-0.25, -0.2) is 9.97 Å². The summed E-state index contributed by atoms with van der Waals surface area (Å²) >= 11 is 0. The Bertz CT molecular complexity index is 387. The molecular weight excluding hydrogens is 212 g/mol. The molecule has 1 heterocycles. The molecule has 0 saturated heterocycles. The quantitative estimate of drug-likeness (QED) is 0.873. The van der Waals surface area contributed by atoms with Gasteiger partial charge in [0.05, 0.1) is 0 Å². The summed E-state index contributed by atoms with van der Waals surface area (Å²) in [5, 5.41) is 0. The summed E-state index contributed by atoms with van der Waals surface area (Å²) in [5.41, 5.74) is 6.85. The van der Waals surface area contributed by atoms with Crippen LogP contribution in [0.5, 0.6) is 0 Å². The molecule has 0 aliphatic heterocycles. The van der Waals surface area contributed by atoms with E-state index in [0.29, 0.717) is 17.8 Å². The van der Waals surface area contributed by atoms with Gasteiger partial charge in [0.25, 0.3) is 0 Å². The highest BCUT2D eigenvalue weighted by atomic mass is 15.2. The third-order valence-corrected chi connectivity index (χ3v) is 3.08. The van der Waals surface area contributed by atoms with E-state index in [4.69, 9.17) is 5.73 Å². The fourth-order valence-electron chi connectivity index (χ4n) is 2.03. The zero-order chi connectivity index (χ0) is 13.2. The minimum absolute atomic E-state index is 0.447. The van der Waals surface area contributed by atoms with Crippen LogP contribution in [0.25, 0.3) is 0 Å². The molecule has 1 aromatic rings. The van der Waals surface area contributed by atoms with Crippen LogP contribution >= 0.6 is 0 Å². The van der Waals surface area contributed by atoms with Crippen LogP contribution in [-0.2, 0) is 0 Å². The van der Waals surface area contributed by atoms with E-state index in [-0.39, 0.29) is 0 Å². The van der Waals surface area contributed by atoms with Gasteiger partial charge in [-0.3, -0.25) is 0 Å². The predicted molar refractivity (Wildman–Crippen MR) is 73.2 cm³/mol. The SMILES string of the molecule is Cc1nc(N)c(C)c(N(C)C(C)CC(C)C)n1. The summed E-state index contributed by atoms with van der Waals surface area (Å²) in [6.07, 6.45) is 1.14. The normalized spacial score (nSPS) is 12.9. The highest BCUT2D eigenvalue weighted by Crippen LogP contribution is 2.23. The summed E-state index contributed by atoms with van der Waals surface area (Å²) in [5.74, 6) is 2.93. The number of hydrogen-bond donors (Lipinski definition) is 1. The first-order valence-electron chi connectivity index (χ1n) is 6.16. The van der Waals surface area contributed by atoms with Gasteiger partial charge in [-0.05, 0) is 33.1 Å². The fourth-order valence-corrected chi connectivity index (χ4v) is 2.03. The molecule has 0 aromatic carbocycles. The Morgan fingerprint density at radius 2 is 1.76 bits per heavy atom. The van der Waals surface area contributed by atoms with Crippen LogP contribution in [0.1, 0.15) is 38.6 Å². The van der Waals surface area contributed by atoms with Gasteiger partial charge in [0, 0.05) is 18.7 Å². The number of aromatic nitrogens is 2. The number of aryl methyl sites for hydroxylation is 1. The van der Waals surface area contributed by atoms with Crippen molar-refractivity contribution < 1.29 is 0 Å². The average Bonchev–Trinajstić information content (AvgIpc) is 2.21. The lowest BCUT2D eigenvalue weighted by Crippen LogP contribution is -2.32. The standard InChI is InChI=1S/C13H24N4/c1-8(2)7-9(3)17(6)13-10(4)12(14)15-11(5)16-13/h8-9H,7H2,1-6H3,(H2,14,15,16). The smallest absolute Gasteiger partial charge is 0.137 e. The molecule has 0 spiro atoms. The zero-order valence-corrected chi connectivity index (χ0v) is 11.8. The van der Waals surface area contributed by atoms with Crippen molar-refractivity contribution in [2.75, 3.05) is 17.7 Å². The van der Waals surface area contributed by atoms with E-state index in [1.165, 1.54) is 0 Å². The van der Waals surface area contributed by atoms with Gasteiger partial charge in [0.1, 0.15) is 17.5 Å². The molecular formula is C13H24N4. The fraction of sp³-hybridized carbons (Fsp3) is 0.692. The van der Waals surface area contributed by atoms with E-state index in [1.54, 1.807) is 0 Å². The topological polar surface area (TPSA) is 55.0 Å². The Balaban J connectivity index is 2.99. The molecule has 0 fully saturated rings. The molecule has 96 valence electrons. The van der Waals surface area contributed by atoms with Gasteiger partial charge in [0.15, 0.2) is 0 Å². The Morgan fingerprint density at radius 1 is 1.18 bits per heavy atom. The molecule has 1 unspecified atom stereocenters. The first kappa shape index (κ1) is 13.7. The van der Waals surface area contributed by atoms with Crippen LogP contribution in [0.2, 0.25) is 0 Å². The van der Waals surface area contributed by atoms with Crippen molar-refractivity contribution in [2.24, 2.45) is 5.92 Å². The van der Waals surface area contributed by atoms with Crippen molar-refractivity contribution in [1.82, 2.24) is 9.97 Å². The van der Waals surface area contributed by atoms with Gasteiger partial charge in [0.2, 0.25) is 0 Å². The summed E-state index contributed by atoms with van der Waals surface area (Å²) in [6.45, 7) is 10.5. The lowest BCUT2D eigenvalue weighted by atomic mass is 10.0. The Kier molecular flexibility index (Phi) is 4.32. The summed E-state index contributed by atoms with van der Waals surface area (Å²) < 4.78 is 0. The monoisotopic (exact) mass is 236 g/mol. The van der Waals surface area contributed by atoms with Crippen LogP contribution in [0.15, 0.2) is 0 Å². The van der Waals surface area contributed by atoms with Crippen molar-refractivity contribution in [3.8, 4) is 0 Å². The number of nitrogen functional groups attached to an aromatic ring is 1. The molecule has 0 amide bonds. The van der Waals surface area contributed by atoms with Crippen molar-refractivity contribution in [1.29, 1.82) is 0 Å². The molecule has 1 rings (SSSR count). The number of rotatable bonds is 4. The summed E-state index contributed by atoms with van der Waals surface area (Å²) in [6, 6.07) is 0.447. The second kappa shape index (κ2) is 5.34. The van der Waals surface area contributed by atoms with Crippen molar-refractivity contribution in [2.45, 2.75) is 47.1 Å². The maximum Gasteiger partial charge on any atom is 0.137 e. The third-order valence-electron chi connectivity index (χ3n) is 3.08. The number of anilines is 2. The van der Waals surface area contributed by atoms with Gasteiger partial charge < -0.3 is 10.6 Å². The average molecular weight is 236 g/mol. The minimum atomic E-state index is 0.447. The number of hydrogen-bond acceptors (Lipinski definition) is 4. The summed E-state index contributed by atoms with van der Waals surface area (Å²) in [7, 11) is 2.07. The largest absolute Gasteiger partial charge is 0.383 e. The van der Waals surface area contributed by atoms with E-state index in [9.17, 15) is 0 Å². The number of nitrogens with zero attached hydrogens (tertiary/aromatic N) is 3. The maximum atomic E-state index is 5.88. The predicted octanol–water partition coefficient (Wildman–Crippen LogP) is 2.55. The molecule has 4 heteroatoms. The molecule has 1 aromatic heterocycles. The zero-order valence-electron chi connectivity index (χ0n) is 11.8. The van der Waals surface area contributed by atoms with E-state index in [1.807, 2.05) is 13.8 Å². The Labute approximate surface area is 104 Å². The molecule has 0 radical (unpaired) electrons. The molecule has 0 aliphatic carbocycles. The first-order valence-corrected chi connectivity index (χ1v) is 6.16. The summed E-state index contributed by atoms with van der Waals surface area (Å²) in [4.78, 5) is 10.9. The van der Waals surface area contributed by atoms with E-state index < -0.39 is 0 Å². The molecule has 17 heavy (non-hydrogen) atoms. The van der Waals surface area contributed by atoms with Crippen molar-refractivity contribution in [3.05, 3.63) is 11.4 Å². The van der Waals surface area contributed by atoms with Crippen LogP contribution in [0.4, 0.5) is 11.6 Å². The van der Waals surface area contributed by atoms with Crippen LogP contribution in [0, 0.1) is 19.8 Å². The Morgan fingerprint density at radius 3 is 2.29 bits per heavy atom. The number of nitrogens with two attached hydrogens (primary N) is 1. The van der Waals surface area contributed by atoms with E-state index in [2.05, 4.69) is 42.7 Å². The van der Waals surface area contributed by atoms with Gasteiger partial charge >= 0.3 is 0 Å².